The molecule has 24 heavy (non-hydrogen) atoms. The Morgan fingerprint density at radius 1 is 1.25 bits per heavy atom. The Bertz CT molecular complexity index is 793. The minimum atomic E-state index is -0.417. The highest BCUT2D eigenvalue weighted by atomic mass is 35.5. The molecule has 1 aliphatic rings. The molecule has 0 radical (unpaired) electrons. The van der Waals surface area contributed by atoms with Crippen LogP contribution in [0.1, 0.15) is 23.4 Å². The van der Waals surface area contributed by atoms with Crippen LogP contribution in [0, 0.1) is 11.3 Å². The zero-order valence-electron chi connectivity index (χ0n) is 12.7. The summed E-state index contributed by atoms with van der Waals surface area (Å²) in [6, 6.07) is 8.74. The third kappa shape index (κ3) is 3.81. The van der Waals surface area contributed by atoms with Crippen molar-refractivity contribution in [1.82, 2.24) is 14.7 Å². The van der Waals surface area contributed by atoms with Crippen molar-refractivity contribution in [2.24, 2.45) is 0 Å². The first kappa shape index (κ1) is 16.6. The van der Waals surface area contributed by atoms with Crippen molar-refractivity contribution in [3.63, 3.8) is 0 Å². The number of carbonyl (C=O) groups excluding carboxylic acids is 1. The summed E-state index contributed by atoms with van der Waals surface area (Å²) in [6.07, 6.45) is 0.330. The minimum absolute atomic E-state index is 0.0956. The molecule has 0 aliphatic carbocycles. The molecule has 6 nitrogen and oxygen atoms in total. The molecule has 2 aromatic rings. The van der Waals surface area contributed by atoms with Gasteiger partial charge in [-0.05, 0) is 36.2 Å². The average molecular weight is 365 g/mol. The molecule has 1 aromatic carbocycles. The molecule has 2 heterocycles. The van der Waals surface area contributed by atoms with Gasteiger partial charge in [0.15, 0.2) is 5.69 Å². The lowest BCUT2D eigenvalue weighted by atomic mass is 10.2. The van der Waals surface area contributed by atoms with Crippen LogP contribution in [-0.2, 0) is 24.4 Å². The van der Waals surface area contributed by atoms with E-state index in [0.717, 1.165) is 17.7 Å². The van der Waals surface area contributed by atoms with Gasteiger partial charge in [0.2, 0.25) is 0 Å². The molecule has 124 valence electrons. The van der Waals surface area contributed by atoms with E-state index in [1.807, 2.05) is 6.07 Å². The van der Waals surface area contributed by atoms with Crippen molar-refractivity contribution in [1.29, 1.82) is 5.26 Å². The lowest BCUT2D eigenvalue weighted by Crippen LogP contribution is -2.31. The summed E-state index contributed by atoms with van der Waals surface area (Å²) < 4.78 is 7.12. The van der Waals surface area contributed by atoms with Crippen LogP contribution in [0.15, 0.2) is 24.3 Å². The number of carbonyl (C=O) groups is 1. The summed E-state index contributed by atoms with van der Waals surface area (Å²) in [7, 11) is 0. The fourth-order valence-corrected chi connectivity index (χ4v) is 3.17. The van der Waals surface area contributed by atoms with Gasteiger partial charge in [0.1, 0.15) is 12.7 Å². The molecule has 3 rings (SSSR count). The van der Waals surface area contributed by atoms with Crippen LogP contribution in [0.4, 0.5) is 4.79 Å². The number of halogens is 2. The molecule has 0 atom stereocenters. The van der Waals surface area contributed by atoms with E-state index in [-0.39, 0.29) is 6.61 Å². The smallest absolute Gasteiger partial charge is 0.410 e. The molecule has 0 unspecified atom stereocenters. The number of fused-ring (bicyclic) bond motifs is 1. The molecule has 1 aromatic heterocycles. The monoisotopic (exact) mass is 364 g/mol. The Morgan fingerprint density at radius 2 is 2.00 bits per heavy atom. The number of nitriles is 1. The second-order valence-corrected chi connectivity index (χ2v) is 6.34. The predicted octanol–water partition coefficient (Wildman–Crippen LogP) is 3.60. The van der Waals surface area contributed by atoms with E-state index >= 15 is 0 Å². The van der Waals surface area contributed by atoms with Crippen molar-refractivity contribution < 1.29 is 9.53 Å². The first-order chi connectivity index (χ1) is 11.5. The largest absolute Gasteiger partial charge is 0.445 e. The van der Waals surface area contributed by atoms with Gasteiger partial charge in [0.05, 0.1) is 12.2 Å². The van der Waals surface area contributed by atoms with Crippen LogP contribution in [0.5, 0.6) is 0 Å². The van der Waals surface area contributed by atoms with Gasteiger partial charge in [-0.15, -0.1) is 0 Å². The van der Waals surface area contributed by atoms with E-state index in [4.69, 9.17) is 33.2 Å². The van der Waals surface area contributed by atoms with Gasteiger partial charge < -0.3 is 9.64 Å². The summed E-state index contributed by atoms with van der Waals surface area (Å²) in [5, 5.41) is 14.1. The number of hydrogen-bond donors (Lipinski definition) is 0. The van der Waals surface area contributed by atoms with E-state index < -0.39 is 6.09 Å². The lowest BCUT2D eigenvalue weighted by Gasteiger charge is -2.19. The molecule has 0 N–H and O–H groups in total. The van der Waals surface area contributed by atoms with E-state index in [2.05, 4.69) is 5.10 Å². The molecular formula is C16H14Cl2N4O2. The molecule has 1 amide bonds. The normalized spacial score (nSPS) is 13.8. The number of benzene rings is 1. The topological polar surface area (TPSA) is 71.2 Å². The maximum absolute atomic E-state index is 12.3. The minimum Gasteiger partial charge on any atom is -0.445 e. The van der Waals surface area contributed by atoms with Crippen LogP contribution in [0.2, 0.25) is 10.0 Å². The molecule has 0 saturated heterocycles. The van der Waals surface area contributed by atoms with Gasteiger partial charge in [-0.1, -0.05) is 23.2 Å². The number of aryl methyl sites for hydroxylation is 1. The quantitative estimate of drug-likeness (QED) is 0.815. The fraction of sp³-hybridized carbons (Fsp3) is 0.312. The van der Waals surface area contributed by atoms with E-state index in [1.54, 1.807) is 33.8 Å². The Morgan fingerprint density at radius 3 is 2.71 bits per heavy atom. The van der Waals surface area contributed by atoms with Gasteiger partial charge in [-0.2, -0.15) is 10.4 Å². The van der Waals surface area contributed by atoms with Gasteiger partial charge in [-0.3, -0.25) is 4.68 Å². The number of rotatable bonds is 2. The summed E-state index contributed by atoms with van der Waals surface area (Å²) >= 11 is 11.9. The Labute approximate surface area is 149 Å². The second kappa shape index (κ2) is 7.12. The van der Waals surface area contributed by atoms with Crippen molar-refractivity contribution in [3.05, 3.63) is 51.3 Å². The SMILES string of the molecule is N#Cc1cc2n(n1)CCCN(C(=O)OCc1cc(Cl)cc(Cl)c1)C2. The van der Waals surface area contributed by atoms with Gasteiger partial charge >= 0.3 is 6.09 Å². The van der Waals surface area contributed by atoms with Gasteiger partial charge in [0.25, 0.3) is 0 Å². The first-order valence-corrected chi connectivity index (χ1v) is 8.14. The number of ether oxygens (including phenoxy) is 1. The Balaban J connectivity index is 1.65. The zero-order chi connectivity index (χ0) is 17.1. The molecule has 0 fully saturated rings. The second-order valence-electron chi connectivity index (χ2n) is 5.46. The molecular weight excluding hydrogens is 351 g/mol. The average Bonchev–Trinajstić information content (AvgIpc) is 2.82. The number of amides is 1. The number of aromatic nitrogens is 2. The summed E-state index contributed by atoms with van der Waals surface area (Å²) in [5.74, 6) is 0. The fourth-order valence-electron chi connectivity index (χ4n) is 2.60. The molecule has 8 heteroatoms. The molecule has 1 aliphatic heterocycles. The summed E-state index contributed by atoms with van der Waals surface area (Å²) in [4.78, 5) is 13.9. The Kier molecular flexibility index (Phi) is 4.93. The number of hydrogen-bond acceptors (Lipinski definition) is 4. The van der Waals surface area contributed by atoms with E-state index in [9.17, 15) is 4.79 Å². The highest BCUT2D eigenvalue weighted by Crippen LogP contribution is 2.20. The zero-order valence-corrected chi connectivity index (χ0v) is 14.2. The predicted molar refractivity (Wildman–Crippen MR) is 88.6 cm³/mol. The van der Waals surface area contributed by atoms with E-state index in [0.29, 0.717) is 35.4 Å². The van der Waals surface area contributed by atoms with Gasteiger partial charge in [-0.25, -0.2) is 4.79 Å². The third-order valence-corrected chi connectivity index (χ3v) is 4.11. The third-order valence-electron chi connectivity index (χ3n) is 3.67. The lowest BCUT2D eigenvalue weighted by molar-refractivity contribution is 0.0942. The molecule has 0 spiro atoms. The van der Waals surface area contributed by atoms with Crippen molar-refractivity contribution >= 4 is 29.3 Å². The molecule has 0 saturated carbocycles. The maximum atomic E-state index is 12.3. The van der Waals surface area contributed by atoms with Crippen LogP contribution in [0.3, 0.4) is 0 Å². The number of nitrogens with zero attached hydrogens (tertiary/aromatic N) is 4. The van der Waals surface area contributed by atoms with Crippen LogP contribution in [0.25, 0.3) is 0 Å². The maximum Gasteiger partial charge on any atom is 0.410 e. The highest BCUT2D eigenvalue weighted by molar-refractivity contribution is 6.34. The van der Waals surface area contributed by atoms with Crippen LogP contribution >= 0.6 is 23.2 Å². The Hall–Kier alpha value is -2.23. The summed E-state index contributed by atoms with van der Waals surface area (Å²) in [5.41, 5.74) is 1.91. The van der Waals surface area contributed by atoms with Crippen LogP contribution < -0.4 is 0 Å². The van der Waals surface area contributed by atoms with Crippen molar-refractivity contribution in [2.45, 2.75) is 26.1 Å². The highest BCUT2D eigenvalue weighted by Gasteiger charge is 2.21. The van der Waals surface area contributed by atoms with Crippen molar-refractivity contribution in [2.75, 3.05) is 6.54 Å². The summed E-state index contributed by atoms with van der Waals surface area (Å²) in [6.45, 7) is 1.70. The standard InChI is InChI=1S/C16H14Cl2N4O2/c17-12-4-11(5-13(18)6-12)10-24-16(23)21-2-1-3-22-15(9-21)7-14(8-19)20-22/h4-7H,1-3,9-10H2. The van der Waals surface area contributed by atoms with Gasteiger partial charge in [0, 0.05) is 23.1 Å². The van der Waals surface area contributed by atoms with Crippen LogP contribution in [-0.4, -0.2) is 27.3 Å². The van der Waals surface area contributed by atoms with E-state index in [1.165, 1.54) is 0 Å². The van der Waals surface area contributed by atoms with Crippen molar-refractivity contribution in [3.8, 4) is 6.07 Å². The first-order valence-electron chi connectivity index (χ1n) is 7.38. The molecule has 0 bridgehead atoms.